The third kappa shape index (κ3) is 4.90. The first-order valence-electron chi connectivity index (χ1n) is 6.52. The van der Waals surface area contributed by atoms with E-state index in [4.69, 9.17) is 0 Å². The molecule has 0 saturated carbocycles. The predicted molar refractivity (Wildman–Crippen MR) is 69.6 cm³/mol. The van der Waals surface area contributed by atoms with E-state index in [1.165, 1.54) is 0 Å². The van der Waals surface area contributed by atoms with Crippen molar-refractivity contribution in [2.45, 2.75) is 52.6 Å². The maximum absolute atomic E-state index is 11.8. The Bertz CT molecular complexity index is 278. The van der Waals surface area contributed by atoms with Crippen molar-refractivity contribution in [3.05, 3.63) is 12.2 Å². The van der Waals surface area contributed by atoms with Gasteiger partial charge in [0.1, 0.15) is 0 Å². The van der Waals surface area contributed by atoms with Gasteiger partial charge in [0.05, 0.1) is 6.10 Å². The molecule has 1 aliphatic carbocycles. The van der Waals surface area contributed by atoms with E-state index in [0.29, 0.717) is 13.0 Å². The average molecular weight is 239 g/mol. The summed E-state index contributed by atoms with van der Waals surface area (Å²) in [7, 11) is 0. The fourth-order valence-electron chi connectivity index (χ4n) is 1.94. The first-order chi connectivity index (χ1) is 7.91. The van der Waals surface area contributed by atoms with Crippen molar-refractivity contribution in [2.24, 2.45) is 11.3 Å². The SMILES string of the molecule is CC(C)(C)[C@@H](O)CCNC(=O)[C@@H]1CC=CCC1. The van der Waals surface area contributed by atoms with Crippen molar-refractivity contribution in [3.8, 4) is 0 Å². The molecule has 0 heterocycles. The number of carbonyl (C=O) groups excluding carboxylic acids is 1. The highest BCUT2D eigenvalue weighted by molar-refractivity contribution is 5.78. The van der Waals surface area contributed by atoms with Crippen LogP contribution in [0.5, 0.6) is 0 Å². The number of nitrogens with one attached hydrogen (secondary N) is 1. The minimum atomic E-state index is -0.367. The maximum atomic E-state index is 11.8. The van der Waals surface area contributed by atoms with Crippen molar-refractivity contribution < 1.29 is 9.90 Å². The van der Waals surface area contributed by atoms with Gasteiger partial charge >= 0.3 is 0 Å². The van der Waals surface area contributed by atoms with Crippen LogP contribution in [0.25, 0.3) is 0 Å². The molecule has 0 radical (unpaired) electrons. The quantitative estimate of drug-likeness (QED) is 0.739. The standard InChI is InChI=1S/C14H25NO2/c1-14(2,3)12(16)9-10-15-13(17)11-7-5-4-6-8-11/h4-5,11-12,16H,6-10H2,1-3H3,(H,15,17)/t11-,12+/m1/s1. The van der Waals surface area contributed by atoms with Gasteiger partial charge in [0.25, 0.3) is 0 Å². The molecule has 1 amide bonds. The fraction of sp³-hybridized carbons (Fsp3) is 0.786. The normalized spacial score (nSPS) is 22.2. The van der Waals surface area contributed by atoms with Gasteiger partial charge in [-0.1, -0.05) is 32.9 Å². The van der Waals surface area contributed by atoms with Crippen LogP contribution in [0.1, 0.15) is 46.5 Å². The minimum absolute atomic E-state index is 0.113. The van der Waals surface area contributed by atoms with Gasteiger partial charge in [-0.05, 0) is 31.1 Å². The lowest BCUT2D eigenvalue weighted by molar-refractivity contribution is -0.125. The molecule has 0 fully saturated rings. The van der Waals surface area contributed by atoms with Gasteiger partial charge in [0, 0.05) is 12.5 Å². The first kappa shape index (κ1) is 14.2. The average Bonchev–Trinajstić information content (AvgIpc) is 2.28. The molecule has 0 bridgehead atoms. The summed E-state index contributed by atoms with van der Waals surface area (Å²) < 4.78 is 0. The summed E-state index contributed by atoms with van der Waals surface area (Å²) >= 11 is 0. The Labute approximate surface area is 104 Å². The highest BCUT2D eigenvalue weighted by atomic mass is 16.3. The zero-order valence-electron chi connectivity index (χ0n) is 11.2. The van der Waals surface area contributed by atoms with Crippen LogP contribution in [0.4, 0.5) is 0 Å². The lowest BCUT2D eigenvalue weighted by Crippen LogP contribution is -2.35. The fourth-order valence-corrected chi connectivity index (χ4v) is 1.94. The number of aliphatic hydroxyl groups excluding tert-OH is 1. The molecule has 2 N–H and O–H groups in total. The number of allylic oxidation sites excluding steroid dienone is 2. The molecular formula is C14H25NO2. The monoisotopic (exact) mass is 239 g/mol. The van der Waals surface area contributed by atoms with Crippen LogP contribution in [0.3, 0.4) is 0 Å². The maximum Gasteiger partial charge on any atom is 0.223 e. The van der Waals surface area contributed by atoms with E-state index in [-0.39, 0.29) is 23.3 Å². The van der Waals surface area contributed by atoms with E-state index < -0.39 is 0 Å². The Morgan fingerprint density at radius 2 is 2.18 bits per heavy atom. The second-order valence-corrected chi connectivity index (χ2v) is 5.94. The Morgan fingerprint density at radius 3 is 2.71 bits per heavy atom. The van der Waals surface area contributed by atoms with E-state index in [9.17, 15) is 9.90 Å². The Kier molecular flexibility index (Phi) is 5.19. The van der Waals surface area contributed by atoms with Gasteiger partial charge in [-0.2, -0.15) is 0 Å². The lowest BCUT2D eigenvalue weighted by atomic mass is 9.87. The molecular weight excluding hydrogens is 214 g/mol. The third-order valence-electron chi connectivity index (χ3n) is 3.36. The Hall–Kier alpha value is -0.830. The Morgan fingerprint density at radius 1 is 1.47 bits per heavy atom. The zero-order chi connectivity index (χ0) is 12.9. The topological polar surface area (TPSA) is 49.3 Å². The van der Waals surface area contributed by atoms with Crippen LogP contribution in [-0.2, 0) is 4.79 Å². The van der Waals surface area contributed by atoms with Crippen LogP contribution in [-0.4, -0.2) is 23.7 Å². The van der Waals surface area contributed by atoms with Crippen LogP contribution in [0, 0.1) is 11.3 Å². The van der Waals surface area contributed by atoms with Crippen molar-refractivity contribution in [3.63, 3.8) is 0 Å². The number of hydrogen-bond acceptors (Lipinski definition) is 2. The molecule has 0 aromatic carbocycles. The molecule has 2 atom stereocenters. The highest BCUT2D eigenvalue weighted by Crippen LogP contribution is 2.21. The van der Waals surface area contributed by atoms with Crippen LogP contribution >= 0.6 is 0 Å². The largest absolute Gasteiger partial charge is 0.393 e. The smallest absolute Gasteiger partial charge is 0.223 e. The van der Waals surface area contributed by atoms with Gasteiger partial charge < -0.3 is 10.4 Å². The van der Waals surface area contributed by atoms with E-state index in [1.807, 2.05) is 20.8 Å². The van der Waals surface area contributed by atoms with Crippen LogP contribution in [0.15, 0.2) is 12.2 Å². The van der Waals surface area contributed by atoms with Crippen molar-refractivity contribution in [2.75, 3.05) is 6.54 Å². The first-order valence-corrected chi connectivity index (χ1v) is 6.52. The summed E-state index contributed by atoms with van der Waals surface area (Å²) in [6.45, 7) is 6.58. The predicted octanol–water partition coefficient (Wildman–Crippen LogP) is 2.26. The summed E-state index contributed by atoms with van der Waals surface area (Å²) in [6.07, 6.45) is 7.28. The molecule has 0 saturated heterocycles. The summed E-state index contributed by atoms with van der Waals surface area (Å²) in [4.78, 5) is 11.8. The molecule has 0 unspecified atom stereocenters. The molecule has 1 rings (SSSR count). The number of carbonyl (C=O) groups is 1. The summed E-state index contributed by atoms with van der Waals surface area (Å²) in [6, 6.07) is 0. The molecule has 1 aliphatic rings. The summed E-state index contributed by atoms with van der Waals surface area (Å²) in [5.41, 5.74) is -0.113. The van der Waals surface area contributed by atoms with Crippen LogP contribution in [0.2, 0.25) is 0 Å². The van der Waals surface area contributed by atoms with E-state index >= 15 is 0 Å². The number of rotatable bonds is 4. The molecule has 0 aromatic rings. The van der Waals surface area contributed by atoms with Crippen LogP contribution < -0.4 is 5.32 Å². The third-order valence-corrected chi connectivity index (χ3v) is 3.36. The summed E-state index contributed by atoms with van der Waals surface area (Å²) in [5, 5.41) is 12.8. The van der Waals surface area contributed by atoms with Crippen molar-refractivity contribution >= 4 is 5.91 Å². The molecule has 3 heteroatoms. The molecule has 3 nitrogen and oxygen atoms in total. The Balaban J connectivity index is 2.22. The second kappa shape index (κ2) is 6.20. The molecule has 0 aromatic heterocycles. The van der Waals surface area contributed by atoms with Crippen molar-refractivity contribution in [1.82, 2.24) is 5.32 Å². The summed E-state index contributed by atoms with van der Waals surface area (Å²) in [5.74, 6) is 0.266. The highest BCUT2D eigenvalue weighted by Gasteiger charge is 2.23. The number of aliphatic hydroxyl groups is 1. The minimum Gasteiger partial charge on any atom is -0.393 e. The molecule has 17 heavy (non-hydrogen) atoms. The number of hydrogen-bond donors (Lipinski definition) is 2. The van der Waals surface area contributed by atoms with Gasteiger partial charge in [0.15, 0.2) is 0 Å². The lowest BCUT2D eigenvalue weighted by Gasteiger charge is -2.26. The van der Waals surface area contributed by atoms with E-state index in [2.05, 4.69) is 17.5 Å². The molecule has 0 spiro atoms. The number of amides is 1. The second-order valence-electron chi connectivity index (χ2n) is 5.94. The van der Waals surface area contributed by atoms with Gasteiger partial charge in [0.2, 0.25) is 5.91 Å². The molecule has 98 valence electrons. The molecule has 0 aliphatic heterocycles. The van der Waals surface area contributed by atoms with Gasteiger partial charge in [-0.15, -0.1) is 0 Å². The zero-order valence-corrected chi connectivity index (χ0v) is 11.2. The van der Waals surface area contributed by atoms with E-state index in [0.717, 1.165) is 19.3 Å². The van der Waals surface area contributed by atoms with Gasteiger partial charge in [-0.3, -0.25) is 4.79 Å². The van der Waals surface area contributed by atoms with Crippen molar-refractivity contribution in [1.29, 1.82) is 0 Å². The van der Waals surface area contributed by atoms with E-state index in [1.54, 1.807) is 0 Å². The van der Waals surface area contributed by atoms with Gasteiger partial charge in [-0.25, -0.2) is 0 Å².